The van der Waals surface area contributed by atoms with E-state index in [1.165, 1.54) is 12.1 Å². The average Bonchev–Trinajstić information content (AvgIpc) is 2.54. The van der Waals surface area contributed by atoms with Crippen molar-refractivity contribution in [3.63, 3.8) is 0 Å². The van der Waals surface area contributed by atoms with Crippen LogP contribution in [0, 0.1) is 0 Å². The second-order valence-corrected chi connectivity index (χ2v) is 7.52. The third kappa shape index (κ3) is 3.13. The molecule has 0 saturated carbocycles. The summed E-state index contributed by atoms with van der Waals surface area (Å²) in [6.07, 6.45) is -4.38. The third-order valence-electron chi connectivity index (χ3n) is 4.65. The van der Waals surface area contributed by atoms with Crippen LogP contribution in [0.25, 0.3) is 0 Å². The Morgan fingerprint density at radius 1 is 1.00 bits per heavy atom. The lowest BCUT2D eigenvalue weighted by atomic mass is 9.78. The number of alkyl halides is 3. The fourth-order valence-electron chi connectivity index (χ4n) is 3.34. The molecule has 6 heteroatoms. The number of rotatable bonds is 3. The topological polar surface area (TPSA) is 32.7 Å². The number of nitrogens with zero attached hydrogens (tertiary/aromatic N) is 1. The van der Waals surface area contributed by atoms with E-state index in [1.54, 1.807) is 5.06 Å². The molecular weight excluding hydrogens is 343 g/mol. The van der Waals surface area contributed by atoms with Gasteiger partial charge in [-0.1, -0.05) is 42.5 Å². The molecule has 0 radical (unpaired) electrons. The van der Waals surface area contributed by atoms with Gasteiger partial charge in [-0.05, 0) is 44.0 Å². The molecule has 1 fully saturated rings. The van der Waals surface area contributed by atoms with Crippen molar-refractivity contribution < 1.29 is 23.1 Å². The van der Waals surface area contributed by atoms with Gasteiger partial charge in [0.05, 0.1) is 18.2 Å². The minimum atomic E-state index is -4.38. The van der Waals surface area contributed by atoms with Crippen molar-refractivity contribution in [2.45, 2.75) is 44.1 Å². The third-order valence-corrected chi connectivity index (χ3v) is 4.65. The van der Waals surface area contributed by atoms with E-state index in [0.29, 0.717) is 5.56 Å². The predicted octanol–water partition coefficient (Wildman–Crippen LogP) is 4.68. The largest absolute Gasteiger partial charge is 0.416 e. The Kier molecular flexibility index (Phi) is 4.63. The van der Waals surface area contributed by atoms with Crippen LogP contribution < -0.4 is 0 Å². The van der Waals surface area contributed by atoms with Crippen molar-refractivity contribution in [2.24, 2.45) is 0 Å². The van der Waals surface area contributed by atoms with Crippen molar-refractivity contribution in [3.05, 3.63) is 71.3 Å². The summed E-state index contributed by atoms with van der Waals surface area (Å²) >= 11 is 0. The quantitative estimate of drug-likeness (QED) is 0.857. The number of hydroxylamine groups is 2. The maximum Gasteiger partial charge on any atom is 0.416 e. The molecule has 1 aliphatic heterocycles. The highest BCUT2D eigenvalue weighted by Crippen LogP contribution is 2.54. The van der Waals surface area contributed by atoms with Gasteiger partial charge in [0.1, 0.15) is 0 Å². The fourth-order valence-corrected chi connectivity index (χ4v) is 3.34. The number of hydrogen-bond acceptors (Lipinski definition) is 3. The molecule has 3 nitrogen and oxygen atoms in total. The van der Waals surface area contributed by atoms with Crippen LogP contribution >= 0.6 is 0 Å². The van der Waals surface area contributed by atoms with Crippen molar-refractivity contribution >= 4 is 0 Å². The van der Waals surface area contributed by atoms with Gasteiger partial charge in [-0.2, -0.15) is 18.2 Å². The molecule has 2 atom stereocenters. The Hall–Kier alpha value is -1.89. The second kappa shape index (κ2) is 6.37. The Morgan fingerprint density at radius 2 is 1.58 bits per heavy atom. The first-order chi connectivity index (χ1) is 12.1. The number of hydrogen-bond donors (Lipinski definition) is 1. The van der Waals surface area contributed by atoms with Crippen LogP contribution in [0.5, 0.6) is 0 Å². The number of halogens is 3. The molecule has 26 heavy (non-hydrogen) atoms. The number of aliphatic hydroxyl groups is 1. The summed E-state index contributed by atoms with van der Waals surface area (Å²) in [5.41, 5.74) is -0.655. The van der Waals surface area contributed by atoms with Gasteiger partial charge in [0, 0.05) is 5.54 Å². The molecule has 2 aromatic carbocycles. The van der Waals surface area contributed by atoms with Crippen molar-refractivity contribution in [3.8, 4) is 0 Å². The first-order valence-corrected chi connectivity index (χ1v) is 8.41. The predicted molar refractivity (Wildman–Crippen MR) is 92.1 cm³/mol. The zero-order chi connectivity index (χ0) is 19.2. The molecule has 0 aromatic heterocycles. The number of aliphatic hydroxyl groups excluding tert-OH is 1. The maximum absolute atomic E-state index is 12.9. The standard InChI is InChI=1S/C20H22F3NO2/c1-18(2,3)24-17(14-9-11-16(12-10-14)20(21,22)23)19(13-25,26-24)15-7-5-4-6-8-15/h4-12,17,25H,13H2,1-3H3/t17-,19?/m0/s1. The summed E-state index contributed by atoms with van der Waals surface area (Å²) in [7, 11) is 0. The zero-order valence-electron chi connectivity index (χ0n) is 14.9. The summed E-state index contributed by atoms with van der Waals surface area (Å²) < 4.78 is 38.7. The molecule has 1 saturated heterocycles. The van der Waals surface area contributed by atoms with E-state index in [2.05, 4.69) is 0 Å². The Morgan fingerprint density at radius 3 is 2.04 bits per heavy atom. The highest BCUT2D eigenvalue weighted by molar-refractivity contribution is 5.36. The molecule has 0 amide bonds. The van der Waals surface area contributed by atoms with Crippen molar-refractivity contribution in [2.75, 3.05) is 6.61 Å². The summed E-state index contributed by atoms with van der Waals surface area (Å²) in [4.78, 5) is 6.05. The molecule has 1 unspecified atom stereocenters. The lowest BCUT2D eigenvalue weighted by molar-refractivity contribution is -0.440. The summed E-state index contributed by atoms with van der Waals surface area (Å²) in [5, 5.41) is 11.9. The molecule has 1 aliphatic rings. The van der Waals surface area contributed by atoms with E-state index < -0.39 is 23.4 Å². The Balaban J connectivity index is 2.05. The van der Waals surface area contributed by atoms with Crippen LogP contribution in [0.2, 0.25) is 0 Å². The molecule has 3 rings (SSSR count). The van der Waals surface area contributed by atoms with Gasteiger partial charge in [0.15, 0.2) is 5.60 Å². The summed E-state index contributed by atoms with van der Waals surface area (Å²) in [6, 6.07) is 13.9. The highest BCUT2D eigenvalue weighted by Gasteiger charge is 2.59. The van der Waals surface area contributed by atoms with E-state index in [-0.39, 0.29) is 12.1 Å². The first kappa shape index (κ1) is 18.9. The molecule has 0 aliphatic carbocycles. The monoisotopic (exact) mass is 365 g/mol. The van der Waals surface area contributed by atoms with E-state index in [1.807, 2.05) is 51.1 Å². The van der Waals surface area contributed by atoms with Crippen LogP contribution in [-0.2, 0) is 16.6 Å². The molecule has 1 N–H and O–H groups in total. The maximum atomic E-state index is 12.9. The van der Waals surface area contributed by atoms with E-state index in [0.717, 1.165) is 17.7 Å². The molecule has 0 bridgehead atoms. The van der Waals surface area contributed by atoms with Gasteiger partial charge in [0.25, 0.3) is 0 Å². The summed E-state index contributed by atoms with van der Waals surface area (Å²) in [6.45, 7) is 5.58. The van der Waals surface area contributed by atoms with Gasteiger partial charge in [-0.3, -0.25) is 4.84 Å². The Labute approximate surface area is 151 Å². The minimum absolute atomic E-state index is 0.282. The second-order valence-electron chi connectivity index (χ2n) is 7.52. The molecule has 140 valence electrons. The van der Waals surface area contributed by atoms with Gasteiger partial charge in [-0.25, -0.2) is 0 Å². The zero-order valence-corrected chi connectivity index (χ0v) is 14.9. The van der Waals surface area contributed by atoms with Gasteiger partial charge in [0.2, 0.25) is 0 Å². The van der Waals surface area contributed by atoms with Crippen molar-refractivity contribution in [1.29, 1.82) is 0 Å². The lowest BCUT2D eigenvalue weighted by Gasteiger charge is -2.60. The number of benzene rings is 2. The minimum Gasteiger partial charge on any atom is -0.393 e. The molecular formula is C20H22F3NO2. The van der Waals surface area contributed by atoms with Gasteiger partial charge < -0.3 is 5.11 Å². The van der Waals surface area contributed by atoms with Gasteiger partial charge >= 0.3 is 6.18 Å². The Bertz CT molecular complexity index is 753. The van der Waals surface area contributed by atoms with Crippen molar-refractivity contribution in [1.82, 2.24) is 5.06 Å². The smallest absolute Gasteiger partial charge is 0.393 e. The van der Waals surface area contributed by atoms with Crippen LogP contribution in [0.3, 0.4) is 0 Å². The van der Waals surface area contributed by atoms with Crippen LogP contribution in [0.4, 0.5) is 13.2 Å². The normalized spacial score (nSPS) is 24.3. The lowest BCUT2D eigenvalue weighted by Crippen LogP contribution is -2.66. The highest BCUT2D eigenvalue weighted by atomic mass is 19.4. The van der Waals surface area contributed by atoms with E-state index in [9.17, 15) is 18.3 Å². The average molecular weight is 365 g/mol. The summed E-state index contributed by atoms with van der Waals surface area (Å²) in [5.74, 6) is 0. The fraction of sp³-hybridized carbons (Fsp3) is 0.400. The SMILES string of the molecule is CC(C)(C)N1OC(CO)(c2ccccc2)[C@@H]1c1ccc(C(F)(F)F)cc1. The first-order valence-electron chi connectivity index (χ1n) is 8.41. The van der Waals surface area contributed by atoms with Crippen LogP contribution in [0.1, 0.15) is 43.5 Å². The van der Waals surface area contributed by atoms with E-state index >= 15 is 0 Å². The molecule has 0 spiro atoms. The van der Waals surface area contributed by atoms with Crippen LogP contribution in [-0.4, -0.2) is 22.3 Å². The van der Waals surface area contributed by atoms with Gasteiger partial charge in [-0.15, -0.1) is 0 Å². The molecule has 2 aromatic rings. The van der Waals surface area contributed by atoms with E-state index in [4.69, 9.17) is 4.84 Å². The van der Waals surface area contributed by atoms with Crippen LogP contribution in [0.15, 0.2) is 54.6 Å². The molecule has 1 heterocycles.